The molecular formula is C11H17N3O2S. The van der Waals surface area contributed by atoms with E-state index >= 15 is 0 Å². The standard InChI is InChI=1S/C11H17N3O2S/c1-11(2,3)16-10(15)13-6-4-5-8-7-17-9(12)14-8/h4-5,7H,6H2,1-3H3,(H2,12,14)(H,13,15)/b5-4+. The highest BCUT2D eigenvalue weighted by molar-refractivity contribution is 7.13. The molecule has 6 heteroatoms. The van der Waals surface area contributed by atoms with Crippen molar-refractivity contribution in [2.24, 2.45) is 0 Å². The fourth-order valence-corrected chi connectivity index (χ4v) is 1.54. The molecule has 0 bridgehead atoms. The van der Waals surface area contributed by atoms with E-state index in [1.807, 2.05) is 26.2 Å². The summed E-state index contributed by atoms with van der Waals surface area (Å²) in [6.07, 6.45) is 3.16. The fourth-order valence-electron chi connectivity index (χ4n) is 1.01. The largest absolute Gasteiger partial charge is 0.444 e. The molecule has 0 spiro atoms. The van der Waals surface area contributed by atoms with Gasteiger partial charge in [-0.25, -0.2) is 9.78 Å². The molecule has 1 heterocycles. The summed E-state index contributed by atoms with van der Waals surface area (Å²) in [7, 11) is 0. The molecule has 3 N–H and O–H groups in total. The normalized spacial score (nSPS) is 11.7. The predicted molar refractivity (Wildman–Crippen MR) is 69.8 cm³/mol. The van der Waals surface area contributed by atoms with Gasteiger partial charge in [-0.1, -0.05) is 6.08 Å². The molecule has 94 valence electrons. The van der Waals surface area contributed by atoms with Crippen molar-refractivity contribution in [2.45, 2.75) is 26.4 Å². The van der Waals surface area contributed by atoms with Gasteiger partial charge in [0.05, 0.1) is 5.69 Å². The molecule has 17 heavy (non-hydrogen) atoms. The van der Waals surface area contributed by atoms with Gasteiger partial charge in [0, 0.05) is 11.9 Å². The Kier molecular flexibility index (Phi) is 4.51. The zero-order valence-corrected chi connectivity index (χ0v) is 11.0. The van der Waals surface area contributed by atoms with Crippen molar-refractivity contribution in [3.8, 4) is 0 Å². The zero-order valence-electron chi connectivity index (χ0n) is 10.2. The molecule has 0 atom stereocenters. The number of hydrogen-bond acceptors (Lipinski definition) is 5. The third kappa shape index (κ3) is 5.91. The van der Waals surface area contributed by atoms with Crippen LogP contribution in [0.25, 0.3) is 6.08 Å². The Morgan fingerprint density at radius 2 is 2.35 bits per heavy atom. The van der Waals surface area contributed by atoms with E-state index in [1.165, 1.54) is 11.3 Å². The average Bonchev–Trinajstić information content (AvgIpc) is 2.56. The Bertz CT molecular complexity index is 407. The lowest BCUT2D eigenvalue weighted by Crippen LogP contribution is -2.32. The van der Waals surface area contributed by atoms with Crippen molar-refractivity contribution >= 4 is 28.6 Å². The van der Waals surface area contributed by atoms with Gasteiger partial charge in [0.15, 0.2) is 5.13 Å². The van der Waals surface area contributed by atoms with E-state index in [0.29, 0.717) is 11.7 Å². The number of nitrogens with zero attached hydrogens (tertiary/aromatic N) is 1. The zero-order chi connectivity index (χ0) is 12.9. The summed E-state index contributed by atoms with van der Waals surface area (Å²) in [5.41, 5.74) is 5.80. The van der Waals surface area contributed by atoms with Crippen LogP contribution in [0.3, 0.4) is 0 Å². The average molecular weight is 255 g/mol. The van der Waals surface area contributed by atoms with Crippen LogP contribution in [0.4, 0.5) is 9.93 Å². The molecule has 5 nitrogen and oxygen atoms in total. The maximum Gasteiger partial charge on any atom is 0.407 e. The minimum Gasteiger partial charge on any atom is -0.444 e. The maximum absolute atomic E-state index is 11.3. The van der Waals surface area contributed by atoms with Crippen LogP contribution in [0.15, 0.2) is 11.5 Å². The molecule has 0 saturated heterocycles. The lowest BCUT2D eigenvalue weighted by Gasteiger charge is -2.19. The monoisotopic (exact) mass is 255 g/mol. The van der Waals surface area contributed by atoms with Gasteiger partial charge < -0.3 is 15.8 Å². The second-order valence-electron chi connectivity index (χ2n) is 4.40. The summed E-state index contributed by atoms with van der Waals surface area (Å²) >= 11 is 1.38. The predicted octanol–water partition coefficient (Wildman–Crippen LogP) is 2.26. The minimum absolute atomic E-state index is 0.395. The molecule has 0 aliphatic rings. The number of hydrogen-bond donors (Lipinski definition) is 2. The number of ether oxygens (including phenoxy) is 1. The summed E-state index contributed by atoms with van der Waals surface area (Å²) in [6, 6.07) is 0. The van der Waals surface area contributed by atoms with E-state index in [4.69, 9.17) is 10.5 Å². The Balaban J connectivity index is 2.28. The van der Waals surface area contributed by atoms with E-state index in [0.717, 1.165) is 5.69 Å². The van der Waals surface area contributed by atoms with Crippen LogP contribution in [0.2, 0.25) is 0 Å². The molecule has 0 unspecified atom stereocenters. The fraction of sp³-hybridized carbons (Fsp3) is 0.455. The third-order valence-corrected chi connectivity index (χ3v) is 2.28. The highest BCUT2D eigenvalue weighted by Gasteiger charge is 2.14. The highest BCUT2D eigenvalue weighted by Crippen LogP contribution is 2.11. The quantitative estimate of drug-likeness (QED) is 0.868. The first-order valence-electron chi connectivity index (χ1n) is 5.21. The van der Waals surface area contributed by atoms with Crippen molar-refractivity contribution in [1.29, 1.82) is 0 Å². The van der Waals surface area contributed by atoms with Crippen LogP contribution in [0.1, 0.15) is 26.5 Å². The van der Waals surface area contributed by atoms with Gasteiger partial charge in [-0.2, -0.15) is 0 Å². The Morgan fingerprint density at radius 3 is 2.88 bits per heavy atom. The summed E-state index contributed by atoms with van der Waals surface area (Å²) in [5.74, 6) is 0. The van der Waals surface area contributed by atoms with Gasteiger partial charge >= 0.3 is 6.09 Å². The Hall–Kier alpha value is -1.56. The number of alkyl carbamates (subject to hydrolysis) is 1. The second kappa shape index (κ2) is 5.67. The molecule has 1 rings (SSSR count). The van der Waals surface area contributed by atoms with Gasteiger partial charge in [-0.05, 0) is 26.8 Å². The van der Waals surface area contributed by atoms with Crippen molar-refractivity contribution in [3.63, 3.8) is 0 Å². The molecule has 0 saturated carbocycles. The lowest BCUT2D eigenvalue weighted by molar-refractivity contribution is 0.0534. The van der Waals surface area contributed by atoms with Crippen LogP contribution in [0, 0.1) is 0 Å². The second-order valence-corrected chi connectivity index (χ2v) is 5.29. The summed E-state index contributed by atoms with van der Waals surface area (Å²) in [5, 5.41) is 4.99. The summed E-state index contributed by atoms with van der Waals surface area (Å²) < 4.78 is 5.08. The summed E-state index contributed by atoms with van der Waals surface area (Å²) in [6.45, 7) is 5.85. The molecule has 1 aromatic rings. The number of nitrogens with one attached hydrogen (secondary N) is 1. The number of nitrogens with two attached hydrogens (primary N) is 1. The lowest BCUT2D eigenvalue weighted by atomic mass is 10.2. The van der Waals surface area contributed by atoms with Crippen molar-refractivity contribution < 1.29 is 9.53 Å². The van der Waals surface area contributed by atoms with Crippen LogP contribution in [-0.2, 0) is 4.74 Å². The van der Waals surface area contributed by atoms with Gasteiger partial charge in [0.25, 0.3) is 0 Å². The maximum atomic E-state index is 11.3. The van der Waals surface area contributed by atoms with Crippen LogP contribution < -0.4 is 11.1 Å². The van der Waals surface area contributed by atoms with Gasteiger partial charge in [-0.15, -0.1) is 11.3 Å². The van der Waals surface area contributed by atoms with Gasteiger partial charge in [0.1, 0.15) is 5.60 Å². The van der Waals surface area contributed by atoms with E-state index in [9.17, 15) is 4.79 Å². The highest BCUT2D eigenvalue weighted by atomic mass is 32.1. The number of carbonyl (C=O) groups excluding carboxylic acids is 1. The topological polar surface area (TPSA) is 77.2 Å². The number of rotatable bonds is 3. The first-order valence-corrected chi connectivity index (χ1v) is 6.09. The minimum atomic E-state index is -0.475. The molecule has 1 amide bonds. The van der Waals surface area contributed by atoms with Crippen molar-refractivity contribution in [3.05, 3.63) is 17.2 Å². The van der Waals surface area contributed by atoms with Crippen molar-refractivity contribution in [2.75, 3.05) is 12.3 Å². The third-order valence-electron chi connectivity index (χ3n) is 1.59. The molecule has 1 aromatic heterocycles. The van der Waals surface area contributed by atoms with E-state index in [-0.39, 0.29) is 0 Å². The smallest absolute Gasteiger partial charge is 0.407 e. The number of carbonyl (C=O) groups is 1. The van der Waals surface area contributed by atoms with E-state index in [2.05, 4.69) is 10.3 Å². The number of anilines is 1. The van der Waals surface area contributed by atoms with E-state index in [1.54, 1.807) is 12.2 Å². The molecule has 0 aliphatic heterocycles. The number of nitrogen functional groups attached to an aromatic ring is 1. The van der Waals surface area contributed by atoms with Gasteiger partial charge in [-0.3, -0.25) is 0 Å². The number of aromatic nitrogens is 1. The molecule has 0 radical (unpaired) electrons. The molecule has 0 aromatic carbocycles. The number of amides is 1. The van der Waals surface area contributed by atoms with Crippen molar-refractivity contribution in [1.82, 2.24) is 10.3 Å². The first kappa shape index (κ1) is 13.5. The number of thiazole rings is 1. The van der Waals surface area contributed by atoms with E-state index < -0.39 is 11.7 Å². The molecule has 0 fully saturated rings. The SMILES string of the molecule is CC(C)(C)OC(=O)NC/C=C/c1csc(N)n1. The molecular weight excluding hydrogens is 238 g/mol. The van der Waals surface area contributed by atoms with Gasteiger partial charge in [0.2, 0.25) is 0 Å². The Labute approximate surface area is 105 Å². The Morgan fingerprint density at radius 1 is 1.65 bits per heavy atom. The van der Waals surface area contributed by atoms with Crippen LogP contribution in [-0.4, -0.2) is 23.2 Å². The molecule has 0 aliphatic carbocycles. The summed E-state index contributed by atoms with van der Waals surface area (Å²) in [4.78, 5) is 15.3. The first-order chi connectivity index (χ1) is 7.87. The van der Waals surface area contributed by atoms with Crippen LogP contribution >= 0.6 is 11.3 Å². The van der Waals surface area contributed by atoms with Crippen LogP contribution in [0.5, 0.6) is 0 Å².